The Bertz CT molecular complexity index is 1080. The Morgan fingerprint density at radius 3 is 2.32 bits per heavy atom. The van der Waals surface area contributed by atoms with E-state index in [2.05, 4.69) is 12.2 Å². The highest BCUT2D eigenvalue weighted by Crippen LogP contribution is 2.29. The molecule has 1 aliphatic heterocycles. The topological polar surface area (TPSA) is 81.7 Å². The lowest BCUT2D eigenvalue weighted by atomic mass is 9.98. The summed E-state index contributed by atoms with van der Waals surface area (Å²) < 4.78 is 11.3. The number of ether oxygens (including phenoxy) is 2. The normalized spacial score (nSPS) is 15.5. The largest absolute Gasteiger partial charge is 0.462 e. The number of amides is 1. The Balaban J connectivity index is 1.86. The summed E-state index contributed by atoms with van der Waals surface area (Å²) >= 11 is 0. The smallest absolute Gasteiger partial charge is 0.362 e. The monoisotopic (exact) mass is 509 g/mol. The summed E-state index contributed by atoms with van der Waals surface area (Å²) in [6.07, 6.45) is 4.43. The molecule has 0 aromatic heterocycles. The number of hydrogen-bond acceptors (Lipinski definition) is 5. The van der Waals surface area contributed by atoms with E-state index in [1.807, 2.05) is 50.2 Å². The molecule has 0 saturated carbocycles. The number of quaternary nitrogens is 1. The summed E-state index contributed by atoms with van der Waals surface area (Å²) in [7, 11) is 0. The quantitative estimate of drug-likeness (QED) is 0.327. The van der Waals surface area contributed by atoms with Crippen LogP contribution in [0.15, 0.2) is 42.5 Å². The Morgan fingerprint density at radius 2 is 1.68 bits per heavy atom. The van der Waals surface area contributed by atoms with E-state index in [0.29, 0.717) is 22.2 Å². The first-order valence-electron chi connectivity index (χ1n) is 13.4. The third-order valence-corrected chi connectivity index (χ3v) is 7.14. The highest BCUT2D eigenvalue weighted by atomic mass is 16.5. The van der Waals surface area contributed by atoms with E-state index in [9.17, 15) is 14.4 Å². The van der Waals surface area contributed by atoms with Crippen molar-refractivity contribution < 1.29 is 28.3 Å². The fraction of sp³-hybridized carbons (Fsp3) is 0.500. The van der Waals surface area contributed by atoms with E-state index in [0.717, 1.165) is 55.5 Å². The maximum atomic E-state index is 13.9. The van der Waals surface area contributed by atoms with Gasteiger partial charge >= 0.3 is 11.9 Å². The molecule has 0 bridgehead atoms. The third-order valence-electron chi connectivity index (χ3n) is 7.14. The van der Waals surface area contributed by atoms with Gasteiger partial charge in [-0.25, -0.2) is 9.59 Å². The maximum absolute atomic E-state index is 13.9. The van der Waals surface area contributed by atoms with Crippen LogP contribution in [0.1, 0.15) is 73.0 Å². The first-order valence-corrected chi connectivity index (χ1v) is 13.4. The summed E-state index contributed by atoms with van der Waals surface area (Å²) in [6, 6.07) is 12.9. The molecule has 1 fully saturated rings. The molecule has 2 aromatic carbocycles. The SMILES string of the molecule is CCCC(C(=O)Nc1c(C)cc(C)cc1C(=O)OCC)[N+]1(CC(=O)OCc2ccccc2)CCCCC1. The third kappa shape index (κ3) is 7.41. The number of hydrogen-bond donors (Lipinski definition) is 1. The maximum Gasteiger partial charge on any atom is 0.362 e. The fourth-order valence-corrected chi connectivity index (χ4v) is 5.40. The number of anilines is 1. The van der Waals surface area contributed by atoms with Gasteiger partial charge in [0.15, 0.2) is 12.6 Å². The van der Waals surface area contributed by atoms with Gasteiger partial charge in [0.25, 0.3) is 5.91 Å². The van der Waals surface area contributed by atoms with Crippen molar-refractivity contribution in [1.82, 2.24) is 0 Å². The number of benzene rings is 2. The van der Waals surface area contributed by atoms with E-state index in [4.69, 9.17) is 9.47 Å². The molecule has 0 aliphatic carbocycles. The van der Waals surface area contributed by atoms with Crippen molar-refractivity contribution in [3.63, 3.8) is 0 Å². The molecule has 1 aliphatic rings. The minimum atomic E-state index is -0.456. The lowest BCUT2D eigenvalue weighted by molar-refractivity contribution is -0.940. The van der Waals surface area contributed by atoms with Gasteiger partial charge in [-0.2, -0.15) is 0 Å². The molecule has 0 radical (unpaired) electrons. The van der Waals surface area contributed by atoms with Crippen molar-refractivity contribution in [3.05, 3.63) is 64.7 Å². The van der Waals surface area contributed by atoms with Crippen LogP contribution in [0.4, 0.5) is 5.69 Å². The predicted octanol–water partition coefficient (Wildman–Crippen LogP) is 5.33. The van der Waals surface area contributed by atoms with Gasteiger partial charge in [-0.1, -0.05) is 43.3 Å². The Kier molecular flexibility index (Phi) is 10.3. The van der Waals surface area contributed by atoms with Crippen molar-refractivity contribution in [1.29, 1.82) is 0 Å². The number of carbonyl (C=O) groups is 3. The standard InChI is InChI=1S/C30H40N2O5/c1-5-13-26(29(34)31-28-23(4)18-22(3)19-25(28)30(35)36-6-2)32(16-11-8-12-17-32)20-27(33)37-21-24-14-9-7-10-15-24/h7,9-10,14-15,18-19,26H,5-6,8,11-13,16-17,20-21H2,1-4H3/p+1. The molecule has 3 rings (SSSR count). The first kappa shape index (κ1) is 28.4. The second-order valence-electron chi connectivity index (χ2n) is 10.0. The zero-order chi connectivity index (χ0) is 26.8. The van der Waals surface area contributed by atoms with Gasteiger partial charge in [-0.3, -0.25) is 4.79 Å². The zero-order valence-electron chi connectivity index (χ0n) is 22.7. The van der Waals surface area contributed by atoms with Gasteiger partial charge in [-0.05, 0) is 69.2 Å². The molecule has 1 saturated heterocycles. The van der Waals surface area contributed by atoms with Crippen LogP contribution in [-0.2, 0) is 25.7 Å². The van der Waals surface area contributed by atoms with E-state index < -0.39 is 12.0 Å². The van der Waals surface area contributed by atoms with Gasteiger partial charge in [0.05, 0.1) is 30.9 Å². The van der Waals surface area contributed by atoms with Crippen LogP contribution in [0, 0.1) is 13.8 Å². The Hall–Kier alpha value is -3.19. The number of rotatable bonds is 11. The van der Waals surface area contributed by atoms with Crippen molar-refractivity contribution in [2.24, 2.45) is 0 Å². The van der Waals surface area contributed by atoms with Crippen molar-refractivity contribution in [2.75, 3.05) is 31.6 Å². The molecule has 1 unspecified atom stereocenters. The second kappa shape index (κ2) is 13.4. The van der Waals surface area contributed by atoms with E-state index in [1.165, 1.54) is 0 Å². The predicted molar refractivity (Wildman–Crippen MR) is 144 cm³/mol. The highest BCUT2D eigenvalue weighted by molar-refractivity contribution is 6.03. The molecule has 0 spiro atoms. The number of aryl methyl sites for hydroxylation is 2. The summed E-state index contributed by atoms with van der Waals surface area (Å²) in [5, 5.41) is 3.08. The molecule has 1 atom stereocenters. The van der Waals surface area contributed by atoms with Gasteiger partial charge in [0.2, 0.25) is 0 Å². The Morgan fingerprint density at radius 1 is 0.973 bits per heavy atom. The molecule has 37 heavy (non-hydrogen) atoms. The van der Waals surface area contributed by atoms with Gasteiger partial charge in [0.1, 0.15) is 6.61 Å². The highest BCUT2D eigenvalue weighted by Gasteiger charge is 2.44. The van der Waals surface area contributed by atoms with Crippen LogP contribution in [-0.4, -0.2) is 54.6 Å². The average molecular weight is 510 g/mol. The molecule has 7 heteroatoms. The first-order chi connectivity index (χ1) is 17.8. The molecule has 1 N–H and O–H groups in total. The second-order valence-corrected chi connectivity index (χ2v) is 10.0. The van der Waals surface area contributed by atoms with Crippen LogP contribution in [0.3, 0.4) is 0 Å². The molecule has 2 aromatic rings. The van der Waals surface area contributed by atoms with Crippen molar-refractivity contribution in [2.45, 2.75) is 72.4 Å². The number of esters is 2. The number of nitrogens with one attached hydrogen (secondary N) is 1. The summed E-state index contributed by atoms with van der Waals surface area (Å²) in [5.74, 6) is -0.918. The van der Waals surface area contributed by atoms with E-state index in [1.54, 1.807) is 13.0 Å². The van der Waals surface area contributed by atoms with Crippen LogP contribution >= 0.6 is 0 Å². The van der Waals surface area contributed by atoms with Gasteiger partial charge in [-0.15, -0.1) is 0 Å². The van der Waals surface area contributed by atoms with Crippen LogP contribution in [0.5, 0.6) is 0 Å². The summed E-state index contributed by atoms with van der Waals surface area (Å²) in [4.78, 5) is 39.7. The molecular formula is C30H41N2O5+. The number of piperidine rings is 1. The lowest BCUT2D eigenvalue weighted by Gasteiger charge is -2.45. The van der Waals surface area contributed by atoms with Crippen molar-refractivity contribution >= 4 is 23.5 Å². The molecule has 1 heterocycles. The van der Waals surface area contributed by atoms with Crippen molar-refractivity contribution in [3.8, 4) is 0 Å². The summed E-state index contributed by atoms with van der Waals surface area (Å²) in [6.45, 7) is 9.72. The summed E-state index contributed by atoms with van der Waals surface area (Å²) in [5.41, 5.74) is 3.50. The van der Waals surface area contributed by atoms with Crippen LogP contribution < -0.4 is 5.32 Å². The number of carbonyl (C=O) groups excluding carboxylic acids is 3. The van der Waals surface area contributed by atoms with E-state index >= 15 is 0 Å². The van der Waals surface area contributed by atoms with Crippen LogP contribution in [0.2, 0.25) is 0 Å². The lowest BCUT2D eigenvalue weighted by Crippen LogP contribution is -2.64. The minimum Gasteiger partial charge on any atom is -0.462 e. The van der Waals surface area contributed by atoms with E-state index in [-0.39, 0.29) is 31.6 Å². The minimum absolute atomic E-state index is 0.155. The number of likely N-dealkylation sites (tertiary alicyclic amines) is 1. The molecule has 200 valence electrons. The molecule has 7 nitrogen and oxygen atoms in total. The average Bonchev–Trinajstić information content (AvgIpc) is 2.88. The van der Waals surface area contributed by atoms with Gasteiger partial charge < -0.3 is 19.3 Å². The van der Waals surface area contributed by atoms with Crippen LogP contribution in [0.25, 0.3) is 0 Å². The fourth-order valence-electron chi connectivity index (χ4n) is 5.40. The number of nitrogens with zero attached hydrogens (tertiary/aromatic N) is 1. The Labute approximate surface area is 220 Å². The molecular weight excluding hydrogens is 468 g/mol. The zero-order valence-corrected chi connectivity index (χ0v) is 22.7. The molecule has 1 amide bonds. The van der Waals surface area contributed by atoms with Gasteiger partial charge in [0, 0.05) is 6.42 Å².